The first kappa shape index (κ1) is 12.2. The van der Waals surface area contributed by atoms with Crippen molar-refractivity contribution in [3.05, 3.63) is 42.1 Å². The lowest BCUT2D eigenvalue weighted by Gasteiger charge is -2.05. The molecular weight excluding hydrogens is 202 g/mol. The summed E-state index contributed by atoms with van der Waals surface area (Å²) < 4.78 is 3.15. The largest absolute Gasteiger partial charge is 0.330 e. The maximum atomic E-state index is 3.80. The van der Waals surface area contributed by atoms with Crippen molar-refractivity contribution < 1.29 is 0 Å². The van der Waals surface area contributed by atoms with E-state index in [2.05, 4.69) is 42.5 Å². The minimum Gasteiger partial charge on any atom is -0.330 e. The minimum atomic E-state index is 0.982. The normalized spacial score (nSPS) is 10.0. The first-order valence-electron chi connectivity index (χ1n) is 5.39. The number of benzene rings is 1. The van der Waals surface area contributed by atoms with Crippen LogP contribution in [-0.2, 0) is 6.42 Å². The van der Waals surface area contributed by atoms with Gasteiger partial charge >= 0.3 is 0 Å². The topological polar surface area (TPSA) is 12.0 Å². The molecule has 0 amide bonds. The molecule has 0 saturated carbocycles. The summed E-state index contributed by atoms with van der Waals surface area (Å²) >= 11 is 1.61. The molecule has 0 radical (unpaired) electrons. The number of hydrogen-bond acceptors (Lipinski definition) is 2. The second-order valence-corrected chi connectivity index (χ2v) is 4.61. The van der Waals surface area contributed by atoms with Gasteiger partial charge in [0.05, 0.1) is 0 Å². The van der Waals surface area contributed by atoms with E-state index in [1.807, 2.05) is 6.92 Å². The molecule has 2 heteroatoms. The number of rotatable bonds is 6. The maximum absolute atomic E-state index is 3.80. The van der Waals surface area contributed by atoms with E-state index >= 15 is 0 Å². The summed E-state index contributed by atoms with van der Waals surface area (Å²) in [6.07, 6.45) is 3.72. The third-order valence-corrected chi connectivity index (χ3v) is 3.04. The smallest absolute Gasteiger partial charge is 0.0284 e. The van der Waals surface area contributed by atoms with Gasteiger partial charge in [0.1, 0.15) is 0 Å². The SMILES string of the molecule is C=C(C)NSc1ccc(CCCC)cc1. The number of nitrogens with one attached hydrogen (secondary N) is 1. The van der Waals surface area contributed by atoms with Gasteiger partial charge in [-0.05, 0) is 49.4 Å². The van der Waals surface area contributed by atoms with Gasteiger partial charge < -0.3 is 4.72 Å². The Balaban J connectivity index is 2.45. The number of allylic oxidation sites excluding steroid dienone is 1. The van der Waals surface area contributed by atoms with Crippen LogP contribution in [0.4, 0.5) is 0 Å². The van der Waals surface area contributed by atoms with Crippen molar-refractivity contribution in [2.75, 3.05) is 0 Å². The Morgan fingerprint density at radius 2 is 2.00 bits per heavy atom. The first-order chi connectivity index (χ1) is 7.22. The molecule has 0 spiro atoms. The van der Waals surface area contributed by atoms with Crippen LogP contribution < -0.4 is 4.72 Å². The highest BCUT2D eigenvalue weighted by molar-refractivity contribution is 7.97. The fourth-order valence-corrected chi connectivity index (χ4v) is 1.82. The third-order valence-electron chi connectivity index (χ3n) is 2.09. The lowest BCUT2D eigenvalue weighted by atomic mass is 10.1. The molecule has 0 atom stereocenters. The van der Waals surface area contributed by atoms with Gasteiger partial charge in [-0.15, -0.1) is 0 Å². The lowest BCUT2D eigenvalue weighted by molar-refractivity contribution is 0.794. The molecule has 0 aromatic heterocycles. The average molecular weight is 221 g/mol. The van der Waals surface area contributed by atoms with Gasteiger partial charge in [0.25, 0.3) is 0 Å². The van der Waals surface area contributed by atoms with E-state index in [1.54, 1.807) is 11.9 Å². The summed E-state index contributed by atoms with van der Waals surface area (Å²) in [5.74, 6) is 0. The highest BCUT2D eigenvalue weighted by Gasteiger charge is 1.95. The lowest BCUT2D eigenvalue weighted by Crippen LogP contribution is -1.96. The molecule has 0 aliphatic rings. The van der Waals surface area contributed by atoms with Gasteiger partial charge in [0.2, 0.25) is 0 Å². The Morgan fingerprint density at radius 1 is 1.33 bits per heavy atom. The quantitative estimate of drug-likeness (QED) is 0.724. The Hall–Kier alpha value is -0.890. The Labute approximate surface area is 97.1 Å². The molecule has 1 nitrogen and oxygen atoms in total. The van der Waals surface area contributed by atoms with Crippen LogP contribution >= 0.6 is 11.9 Å². The summed E-state index contributed by atoms with van der Waals surface area (Å²) in [6.45, 7) is 7.98. The molecule has 0 bridgehead atoms. The van der Waals surface area contributed by atoms with Crippen molar-refractivity contribution in [1.29, 1.82) is 0 Å². The van der Waals surface area contributed by atoms with Crippen LogP contribution in [0.25, 0.3) is 0 Å². The van der Waals surface area contributed by atoms with E-state index in [9.17, 15) is 0 Å². The molecule has 1 aromatic carbocycles. The van der Waals surface area contributed by atoms with E-state index < -0.39 is 0 Å². The molecule has 0 fully saturated rings. The van der Waals surface area contributed by atoms with Gasteiger partial charge in [0, 0.05) is 10.6 Å². The van der Waals surface area contributed by atoms with Crippen molar-refractivity contribution in [2.45, 2.75) is 38.0 Å². The summed E-state index contributed by atoms with van der Waals surface area (Å²) in [4.78, 5) is 1.23. The molecular formula is C13H19NS. The molecule has 0 aliphatic heterocycles. The fraction of sp³-hybridized carbons (Fsp3) is 0.385. The summed E-state index contributed by atoms with van der Waals surface area (Å²) in [6, 6.07) is 8.73. The van der Waals surface area contributed by atoms with Crippen LogP contribution in [0.1, 0.15) is 32.3 Å². The zero-order chi connectivity index (χ0) is 11.1. The molecule has 1 N–H and O–H groups in total. The number of hydrogen-bond donors (Lipinski definition) is 1. The third kappa shape index (κ3) is 4.93. The van der Waals surface area contributed by atoms with E-state index in [-0.39, 0.29) is 0 Å². The van der Waals surface area contributed by atoms with Gasteiger partial charge in [0.15, 0.2) is 0 Å². The van der Waals surface area contributed by atoms with Crippen molar-refractivity contribution in [3.63, 3.8) is 0 Å². The van der Waals surface area contributed by atoms with Crippen LogP contribution in [0.2, 0.25) is 0 Å². The highest BCUT2D eigenvalue weighted by Crippen LogP contribution is 2.17. The zero-order valence-corrected chi connectivity index (χ0v) is 10.4. The van der Waals surface area contributed by atoms with Crippen molar-refractivity contribution >= 4 is 11.9 Å². The molecule has 1 aromatic rings. The predicted octanol–water partition coefficient (Wildman–Crippen LogP) is 4.16. The zero-order valence-electron chi connectivity index (χ0n) is 9.55. The van der Waals surface area contributed by atoms with E-state index in [0.717, 1.165) is 5.70 Å². The van der Waals surface area contributed by atoms with Gasteiger partial charge in [-0.3, -0.25) is 0 Å². The molecule has 15 heavy (non-hydrogen) atoms. The molecule has 0 aliphatic carbocycles. The predicted molar refractivity (Wildman–Crippen MR) is 68.9 cm³/mol. The summed E-state index contributed by atoms with van der Waals surface area (Å²) in [7, 11) is 0. The number of aryl methyl sites for hydroxylation is 1. The monoisotopic (exact) mass is 221 g/mol. The number of unbranched alkanes of at least 4 members (excludes halogenated alkanes) is 1. The maximum Gasteiger partial charge on any atom is 0.0284 e. The van der Waals surface area contributed by atoms with Crippen LogP contribution in [0, 0.1) is 0 Å². The van der Waals surface area contributed by atoms with Crippen LogP contribution in [-0.4, -0.2) is 0 Å². The second kappa shape index (κ2) is 6.57. The second-order valence-electron chi connectivity index (χ2n) is 3.73. The fourth-order valence-electron chi connectivity index (χ4n) is 1.25. The molecule has 1 rings (SSSR count). The van der Waals surface area contributed by atoms with E-state index in [4.69, 9.17) is 0 Å². The summed E-state index contributed by atoms with van der Waals surface area (Å²) in [5, 5.41) is 0. The van der Waals surface area contributed by atoms with E-state index in [1.165, 1.54) is 29.7 Å². The standard InChI is InChI=1S/C13H19NS/c1-4-5-6-12-7-9-13(10-8-12)15-14-11(2)3/h7-10,14H,2,4-6H2,1,3H3. The van der Waals surface area contributed by atoms with Crippen LogP contribution in [0.15, 0.2) is 41.4 Å². The van der Waals surface area contributed by atoms with Gasteiger partial charge in [-0.1, -0.05) is 32.1 Å². The molecule has 82 valence electrons. The Morgan fingerprint density at radius 3 is 2.53 bits per heavy atom. The Kier molecular flexibility index (Phi) is 5.33. The molecule has 0 saturated heterocycles. The van der Waals surface area contributed by atoms with E-state index in [0.29, 0.717) is 0 Å². The van der Waals surface area contributed by atoms with Crippen molar-refractivity contribution in [3.8, 4) is 0 Å². The van der Waals surface area contributed by atoms with Crippen molar-refractivity contribution in [2.24, 2.45) is 0 Å². The Bertz CT molecular complexity index is 303. The summed E-state index contributed by atoms with van der Waals surface area (Å²) in [5.41, 5.74) is 2.41. The average Bonchev–Trinajstić information content (AvgIpc) is 2.25. The van der Waals surface area contributed by atoms with Gasteiger partial charge in [-0.25, -0.2) is 0 Å². The first-order valence-corrected chi connectivity index (χ1v) is 6.21. The molecule has 0 heterocycles. The van der Waals surface area contributed by atoms with Gasteiger partial charge in [-0.2, -0.15) is 0 Å². The molecule has 0 unspecified atom stereocenters. The minimum absolute atomic E-state index is 0.982. The van der Waals surface area contributed by atoms with Crippen LogP contribution in [0.3, 0.4) is 0 Å². The highest BCUT2D eigenvalue weighted by atomic mass is 32.2. The van der Waals surface area contributed by atoms with Crippen molar-refractivity contribution in [1.82, 2.24) is 4.72 Å². The van der Waals surface area contributed by atoms with Crippen LogP contribution in [0.5, 0.6) is 0 Å².